The molecule has 2 aromatic rings. The largest absolute Gasteiger partial charge is 0.454 e. The summed E-state index contributed by atoms with van der Waals surface area (Å²) in [4.78, 5) is 0. The zero-order chi connectivity index (χ0) is 20.4. The predicted molar refractivity (Wildman–Crippen MR) is 107 cm³/mol. The minimum absolute atomic E-state index is 0.0453. The molecular formula is C19H26N4O5S. The number of nitrogens with zero attached hydrogens (tertiary/aromatic N) is 2. The number of aromatic amines is 1. The summed E-state index contributed by atoms with van der Waals surface area (Å²) in [6.07, 6.45) is 1.57. The van der Waals surface area contributed by atoms with Gasteiger partial charge >= 0.3 is 0 Å². The first-order chi connectivity index (χ1) is 13.9. The molecule has 2 atom stereocenters. The molecule has 0 spiro atoms. The van der Waals surface area contributed by atoms with Gasteiger partial charge in [-0.15, -0.1) is 0 Å². The van der Waals surface area contributed by atoms with E-state index in [9.17, 15) is 8.42 Å². The average Bonchev–Trinajstić information content (AvgIpc) is 3.33. The molecule has 1 aromatic heterocycles. The van der Waals surface area contributed by atoms with Crippen LogP contribution in [0.4, 0.5) is 0 Å². The van der Waals surface area contributed by atoms with Gasteiger partial charge in [0.1, 0.15) is 0 Å². The highest BCUT2D eigenvalue weighted by atomic mass is 32.2. The standard InChI is InChI=1S/C19H26N4O5S/c1-13-10-23(11-14(2)28-13)29(24,25)6-5-20-8-16-9-21-22-19(16)15-3-4-17-18(7-15)27-12-26-17/h3-4,7,9,13-14,20H,5-6,8,10-12H2,1-2H3,(H,21,22)/t13-,14-/m1/s1. The summed E-state index contributed by atoms with van der Waals surface area (Å²) in [5, 5.41) is 10.4. The highest BCUT2D eigenvalue weighted by Crippen LogP contribution is 2.36. The second-order valence-corrected chi connectivity index (χ2v) is 9.49. The number of hydrogen-bond acceptors (Lipinski definition) is 7. The third-order valence-electron chi connectivity index (χ3n) is 5.01. The molecule has 0 unspecified atom stereocenters. The fourth-order valence-electron chi connectivity index (χ4n) is 3.66. The molecular weight excluding hydrogens is 396 g/mol. The Labute approximate surface area is 170 Å². The van der Waals surface area contributed by atoms with Gasteiger partial charge in [0.15, 0.2) is 11.5 Å². The Morgan fingerprint density at radius 1 is 1.21 bits per heavy atom. The van der Waals surface area contributed by atoms with E-state index < -0.39 is 10.0 Å². The van der Waals surface area contributed by atoms with Crippen LogP contribution in [-0.4, -0.2) is 67.3 Å². The number of morpholine rings is 1. The van der Waals surface area contributed by atoms with Gasteiger partial charge in [-0.2, -0.15) is 9.40 Å². The fraction of sp³-hybridized carbons (Fsp3) is 0.526. The zero-order valence-electron chi connectivity index (χ0n) is 16.6. The Morgan fingerprint density at radius 3 is 2.76 bits per heavy atom. The lowest BCUT2D eigenvalue weighted by molar-refractivity contribution is -0.0440. The van der Waals surface area contributed by atoms with Gasteiger partial charge in [-0.25, -0.2) is 8.42 Å². The maximum absolute atomic E-state index is 12.6. The molecule has 158 valence electrons. The second-order valence-electron chi connectivity index (χ2n) is 7.41. The van der Waals surface area contributed by atoms with Crippen LogP contribution in [0.25, 0.3) is 11.3 Å². The van der Waals surface area contributed by atoms with Crippen molar-refractivity contribution in [1.29, 1.82) is 0 Å². The van der Waals surface area contributed by atoms with Crippen molar-refractivity contribution in [2.24, 2.45) is 0 Å². The number of ether oxygens (including phenoxy) is 3. The van der Waals surface area contributed by atoms with Crippen LogP contribution in [-0.2, 0) is 21.3 Å². The lowest BCUT2D eigenvalue weighted by Crippen LogP contribution is -2.49. The van der Waals surface area contributed by atoms with Crippen molar-refractivity contribution in [2.45, 2.75) is 32.6 Å². The summed E-state index contributed by atoms with van der Waals surface area (Å²) in [5.41, 5.74) is 2.76. The van der Waals surface area contributed by atoms with E-state index in [1.807, 2.05) is 32.0 Å². The third kappa shape index (κ3) is 4.55. The van der Waals surface area contributed by atoms with E-state index in [0.29, 0.717) is 31.9 Å². The van der Waals surface area contributed by atoms with Gasteiger partial charge in [0.05, 0.1) is 29.9 Å². The van der Waals surface area contributed by atoms with Gasteiger partial charge < -0.3 is 19.5 Å². The van der Waals surface area contributed by atoms with E-state index >= 15 is 0 Å². The van der Waals surface area contributed by atoms with E-state index in [0.717, 1.165) is 22.6 Å². The number of sulfonamides is 1. The van der Waals surface area contributed by atoms with Crippen LogP contribution in [0.5, 0.6) is 11.5 Å². The van der Waals surface area contributed by atoms with Crippen LogP contribution in [0.15, 0.2) is 24.4 Å². The molecule has 0 radical (unpaired) electrons. The summed E-state index contributed by atoms with van der Waals surface area (Å²) >= 11 is 0. The van der Waals surface area contributed by atoms with Gasteiger partial charge in [-0.1, -0.05) is 0 Å². The van der Waals surface area contributed by atoms with Crippen molar-refractivity contribution in [2.75, 3.05) is 32.2 Å². The van der Waals surface area contributed by atoms with Crippen molar-refractivity contribution in [3.8, 4) is 22.8 Å². The van der Waals surface area contributed by atoms with E-state index in [2.05, 4.69) is 15.5 Å². The zero-order valence-corrected chi connectivity index (χ0v) is 17.4. The van der Waals surface area contributed by atoms with Crippen LogP contribution in [0.3, 0.4) is 0 Å². The molecule has 0 amide bonds. The van der Waals surface area contributed by atoms with E-state index in [1.54, 1.807) is 6.20 Å². The lowest BCUT2D eigenvalue weighted by atomic mass is 10.1. The number of hydrogen-bond donors (Lipinski definition) is 2. The van der Waals surface area contributed by atoms with Gasteiger partial charge in [-0.05, 0) is 32.0 Å². The molecule has 2 N–H and O–H groups in total. The molecule has 29 heavy (non-hydrogen) atoms. The van der Waals surface area contributed by atoms with Crippen LogP contribution in [0.2, 0.25) is 0 Å². The Bertz CT molecular complexity index is 951. The normalized spacial score (nSPS) is 22.1. The summed E-state index contributed by atoms with van der Waals surface area (Å²) in [5.74, 6) is 1.48. The first kappa shape index (κ1) is 20.1. The molecule has 2 aliphatic heterocycles. The molecule has 1 aromatic carbocycles. The van der Waals surface area contributed by atoms with Gasteiger partial charge in [0, 0.05) is 37.3 Å². The minimum atomic E-state index is -3.32. The van der Waals surface area contributed by atoms with Gasteiger partial charge in [0.25, 0.3) is 0 Å². The predicted octanol–water partition coefficient (Wildman–Crippen LogP) is 1.33. The Kier molecular flexibility index (Phi) is 5.77. The minimum Gasteiger partial charge on any atom is -0.454 e. The van der Waals surface area contributed by atoms with E-state index in [1.165, 1.54) is 4.31 Å². The van der Waals surface area contributed by atoms with Crippen molar-refractivity contribution in [1.82, 2.24) is 19.8 Å². The highest BCUT2D eigenvalue weighted by molar-refractivity contribution is 7.89. The van der Waals surface area contributed by atoms with Crippen molar-refractivity contribution in [3.05, 3.63) is 30.0 Å². The van der Waals surface area contributed by atoms with Crippen molar-refractivity contribution in [3.63, 3.8) is 0 Å². The van der Waals surface area contributed by atoms with Crippen LogP contribution < -0.4 is 14.8 Å². The highest BCUT2D eigenvalue weighted by Gasteiger charge is 2.30. The Balaban J connectivity index is 1.33. The summed E-state index contributed by atoms with van der Waals surface area (Å²) in [7, 11) is -3.32. The molecule has 4 rings (SSSR count). The molecule has 1 fully saturated rings. The number of aromatic nitrogens is 2. The number of rotatable bonds is 7. The summed E-state index contributed by atoms with van der Waals surface area (Å²) < 4.78 is 43.2. The van der Waals surface area contributed by atoms with Crippen molar-refractivity contribution < 1.29 is 22.6 Å². The summed E-state index contributed by atoms with van der Waals surface area (Å²) in [6, 6.07) is 5.72. The third-order valence-corrected chi connectivity index (χ3v) is 6.82. The lowest BCUT2D eigenvalue weighted by Gasteiger charge is -2.34. The van der Waals surface area contributed by atoms with Crippen LogP contribution in [0.1, 0.15) is 19.4 Å². The van der Waals surface area contributed by atoms with E-state index in [-0.39, 0.29) is 24.8 Å². The van der Waals surface area contributed by atoms with Crippen LogP contribution >= 0.6 is 0 Å². The number of benzene rings is 1. The molecule has 3 heterocycles. The molecule has 9 nitrogen and oxygen atoms in total. The van der Waals surface area contributed by atoms with Crippen molar-refractivity contribution >= 4 is 10.0 Å². The maximum Gasteiger partial charge on any atom is 0.231 e. The molecule has 2 aliphatic rings. The number of nitrogens with one attached hydrogen (secondary N) is 2. The molecule has 10 heteroatoms. The first-order valence-corrected chi connectivity index (χ1v) is 11.3. The molecule has 0 aliphatic carbocycles. The quantitative estimate of drug-likeness (QED) is 0.649. The number of H-pyrrole nitrogens is 1. The monoisotopic (exact) mass is 422 g/mol. The number of fused-ring (bicyclic) bond motifs is 1. The van der Waals surface area contributed by atoms with E-state index in [4.69, 9.17) is 14.2 Å². The SMILES string of the molecule is C[C@@H]1CN(S(=O)(=O)CCNCc2cn[nH]c2-c2ccc3c(c2)OCO3)C[C@@H](C)O1. The Hall–Kier alpha value is -2.14. The molecule has 1 saturated heterocycles. The molecule has 0 bridgehead atoms. The van der Waals surface area contributed by atoms with Gasteiger partial charge in [-0.3, -0.25) is 5.10 Å². The summed E-state index contributed by atoms with van der Waals surface area (Å²) in [6.45, 7) is 5.69. The smallest absolute Gasteiger partial charge is 0.231 e. The topological polar surface area (TPSA) is 106 Å². The average molecular weight is 423 g/mol. The first-order valence-electron chi connectivity index (χ1n) is 9.68. The molecule has 0 saturated carbocycles. The van der Waals surface area contributed by atoms with Crippen LogP contribution in [0, 0.1) is 0 Å². The Morgan fingerprint density at radius 2 is 1.97 bits per heavy atom. The fourth-order valence-corrected chi connectivity index (χ4v) is 5.19. The van der Waals surface area contributed by atoms with Gasteiger partial charge in [0.2, 0.25) is 16.8 Å². The maximum atomic E-state index is 12.6. The second kappa shape index (κ2) is 8.31.